The van der Waals surface area contributed by atoms with Gasteiger partial charge in [0.15, 0.2) is 5.82 Å². The first-order valence-corrected chi connectivity index (χ1v) is 13.6. The number of rotatable bonds is 11. The molecule has 2 aliphatic carbocycles. The zero-order valence-electron chi connectivity index (χ0n) is 21.5. The van der Waals surface area contributed by atoms with E-state index in [1.165, 1.54) is 31.4 Å². The minimum atomic E-state index is -4.48. The molecule has 36 heavy (non-hydrogen) atoms. The van der Waals surface area contributed by atoms with Crippen LogP contribution >= 0.6 is 0 Å². The fourth-order valence-electron chi connectivity index (χ4n) is 5.66. The van der Waals surface area contributed by atoms with Crippen LogP contribution in [0.5, 0.6) is 0 Å². The molecule has 2 aromatic rings. The lowest BCUT2D eigenvalue weighted by molar-refractivity contribution is -0.137. The Labute approximate surface area is 213 Å². The summed E-state index contributed by atoms with van der Waals surface area (Å²) in [4.78, 5) is 9.23. The third-order valence-electron chi connectivity index (χ3n) is 7.68. The SMILES string of the molecule is C=C(Nc1cc(C2CCCCC2)nc(-c2ccccc2C(F)(F)F)n1)NC(C(CC)CCC)C1CC1. The molecule has 0 bridgehead atoms. The molecule has 2 fully saturated rings. The van der Waals surface area contributed by atoms with Crippen LogP contribution < -0.4 is 10.6 Å². The highest BCUT2D eigenvalue weighted by atomic mass is 19.4. The zero-order chi connectivity index (χ0) is 25.7. The number of anilines is 1. The van der Waals surface area contributed by atoms with Crippen molar-refractivity contribution in [1.82, 2.24) is 15.3 Å². The van der Waals surface area contributed by atoms with Crippen LogP contribution in [-0.4, -0.2) is 16.0 Å². The predicted molar refractivity (Wildman–Crippen MR) is 139 cm³/mol. The van der Waals surface area contributed by atoms with Crippen molar-refractivity contribution in [2.45, 2.75) is 96.2 Å². The summed E-state index contributed by atoms with van der Waals surface area (Å²) in [6.07, 6.45) is 6.78. The molecule has 0 spiro atoms. The van der Waals surface area contributed by atoms with Gasteiger partial charge in [-0.3, -0.25) is 0 Å². The molecule has 2 atom stereocenters. The zero-order valence-corrected chi connectivity index (χ0v) is 21.5. The molecule has 4 nitrogen and oxygen atoms in total. The van der Waals surface area contributed by atoms with Crippen molar-refractivity contribution in [3.8, 4) is 11.4 Å². The first kappa shape index (κ1) is 26.5. The highest BCUT2D eigenvalue weighted by molar-refractivity contribution is 5.63. The number of aromatic nitrogens is 2. The molecular weight excluding hydrogens is 461 g/mol. The Hall–Kier alpha value is -2.57. The minimum Gasteiger partial charge on any atom is -0.369 e. The van der Waals surface area contributed by atoms with Crippen LogP contribution in [0.25, 0.3) is 11.4 Å². The van der Waals surface area contributed by atoms with Crippen molar-refractivity contribution in [3.05, 3.63) is 54.0 Å². The Balaban J connectivity index is 1.63. The molecule has 2 unspecified atom stereocenters. The normalized spacial score (nSPS) is 18.5. The average Bonchev–Trinajstić information content (AvgIpc) is 3.71. The molecule has 2 aliphatic rings. The average molecular weight is 501 g/mol. The smallest absolute Gasteiger partial charge is 0.369 e. The van der Waals surface area contributed by atoms with Gasteiger partial charge < -0.3 is 10.6 Å². The number of nitrogens with one attached hydrogen (secondary N) is 2. The van der Waals surface area contributed by atoms with Crippen molar-refractivity contribution in [3.63, 3.8) is 0 Å². The Bertz CT molecular complexity index is 1030. The van der Waals surface area contributed by atoms with Crippen molar-refractivity contribution in [1.29, 1.82) is 0 Å². The number of halogens is 3. The maximum Gasteiger partial charge on any atom is 0.417 e. The maximum absolute atomic E-state index is 13.8. The van der Waals surface area contributed by atoms with Crippen LogP contribution in [0.1, 0.15) is 95.2 Å². The summed E-state index contributed by atoms with van der Waals surface area (Å²) in [7, 11) is 0. The third-order valence-corrected chi connectivity index (χ3v) is 7.68. The van der Waals surface area contributed by atoms with Gasteiger partial charge in [-0.25, -0.2) is 9.97 Å². The van der Waals surface area contributed by atoms with E-state index in [2.05, 4.69) is 41.0 Å². The van der Waals surface area contributed by atoms with Gasteiger partial charge in [0, 0.05) is 29.3 Å². The van der Waals surface area contributed by atoms with Crippen LogP contribution in [0.4, 0.5) is 19.0 Å². The molecular formula is C29H39F3N4. The molecule has 0 radical (unpaired) electrons. The quantitative estimate of drug-likeness (QED) is 0.326. The van der Waals surface area contributed by atoms with Crippen LogP contribution in [0.15, 0.2) is 42.7 Å². The Morgan fingerprint density at radius 3 is 2.42 bits per heavy atom. The molecule has 1 heterocycles. The molecule has 0 aliphatic heterocycles. The molecule has 1 aromatic carbocycles. The molecule has 2 N–H and O–H groups in total. The molecule has 0 amide bonds. The second kappa shape index (κ2) is 11.7. The van der Waals surface area contributed by atoms with E-state index in [9.17, 15) is 13.2 Å². The molecule has 2 saturated carbocycles. The minimum absolute atomic E-state index is 0.00845. The highest BCUT2D eigenvalue weighted by Crippen LogP contribution is 2.40. The Morgan fingerprint density at radius 1 is 1.06 bits per heavy atom. The van der Waals surface area contributed by atoms with Gasteiger partial charge in [0.25, 0.3) is 0 Å². The van der Waals surface area contributed by atoms with Gasteiger partial charge in [-0.15, -0.1) is 0 Å². The van der Waals surface area contributed by atoms with Crippen LogP contribution in [-0.2, 0) is 6.18 Å². The number of benzene rings is 1. The van der Waals surface area contributed by atoms with Gasteiger partial charge in [0.2, 0.25) is 0 Å². The predicted octanol–water partition coefficient (Wildman–Crippen LogP) is 8.29. The van der Waals surface area contributed by atoms with E-state index >= 15 is 0 Å². The number of hydrogen-bond acceptors (Lipinski definition) is 4. The Morgan fingerprint density at radius 2 is 1.78 bits per heavy atom. The third kappa shape index (κ3) is 6.60. The molecule has 196 valence electrons. The van der Waals surface area contributed by atoms with Crippen LogP contribution in [0, 0.1) is 11.8 Å². The first-order valence-electron chi connectivity index (χ1n) is 13.6. The van der Waals surface area contributed by atoms with E-state index in [-0.39, 0.29) is 17.3 Å². The number of hydrogen-bond donors (Lipinski definition) is 2. The van der Waals surface area contributed by atoms with Crippen molar-refractivity contribution in [2.24, 2.45) is 11.8 Å². The lowest BCUT2D eigenvalue weighted by atomic mass is 9.86. The summed E-state index contributed by atoms with van der Waals surface area (Å²) in [5, 5.41) is 6.90. The number of alkyl halides is 3. The summed E-state index contributed by atoms with van der Waals surface area (Å²) in [5.41, 5.74) is 0.102. The number of nitrogens with zero attached hydrogens (tertiary/aromatic N) is 2. The summed E-state index contributed by atoms with van der Waals surface area (Å²) in [6, 6.07) is 7.81. The summed E-state index contributed by atoms with van der Waals surface area (Å²) >= 11 is 0. The van der Waals surface area contributed by atoms with Crippen molar-refractivity contribution < 1.29 is 13.2 Å². The fraction of sp³-hybridized carbons (Fsp3) is 0.586. The van der Waals surface area contributed by atoms with Gasteiger partial charge in [-0.1, -0.05) is 70.7 Å². The topological polar surface area (TPSA) is 49.8 Å². The monoisotopic (exact) mass is 500 g/mol. The van der Waals surface area contributed by atoms with E-state index in [0.29, 0.717) is 29.5 Å². The standard InChI is InChI=1S/C29H39F3N4/c1-4-11-20(5-2)27(22-16-17-22)34-19(3)33-26-18-25(21-12-7-6-8-13-21)35-28(36-26)23-14-9-10-15-24(23)29(30,31)32/h9-10,14-15,18,20-22,27,34H,3-8,11-13,16-17H2,1-2H3,(H,33,35,36). The second-order valence-electron chi connectivity index (χ2n) is 10.4. The van der Waals surface area contributed by atoms with Crippen molar-refractivity contribution >= 4 is 5.82 Å². The molecule has 0 saturated heterocycles. The van der Waals surface area contributed by atoms with Crippen LogP contribution in [0.2, 0.25) is 0 Å². The van der Waals surface area contributed by atoms with Gasteiger partial charge >= 0.3 is 6.18 Å². The van der Waals surface area contributed by atoms with Gasteiger partial charge in [0.05, 0.1) is 11.4 Å². The van der Waals surface area contributed by atoms with E-state index in [1.807, 2.05) is 6.07 Å². The molecule has 4 rings (SSSR count). The van der Waals surface area contributed by atoms with E-state index in [0.717, 1.165) is 56.7 Å². The lowest BCUT2D eigenvalue weighted by Crippen LogP contribution is -2.39. The lowest BCUT2D eigenvalue weighted by Gasteiger charge is -2.29. The van der Waals surface area contributed by atoms with Crippen molar-refractivity contribution in [2.75, 3.05) is 5.32 Å². The van der Waals surface area contributed by atoms with E-state index < -0.39 is 11.7 Å². The highest BCUT2D eigenvalue weighted by Gasteiger charge is 2.36. The van der Waals surface area contributed by atoms with Crippen LogP contribution in [0.3, 0.4) is 0 Å². The summed E-state index contributed by atoms with van der Waals surface area (Å²) < 4.78 is 41.4. The fourth-order valence-corrected chi connectivity index (χ4v) is 5.66. The summed E-state index contributed by atoms with van der Waals surface area (Å²) in [6.45, 7) is 8.67. The maximum atomic E-state index is 13.8. The van der Waals surface area contributed by atoms with Gasteiger partial charge in [-0.05, 0) is 50.0 Å². The first-order chi connectivity index (χ1) is 17.3. The second-order valence-corrected chi connectivity index (χ2v) is 10.4. The Kier molecular flexibility index (Phi) is 8.58. The largest absolute Gasteiger partial charge is 0.417 e. The van der Waals surface area contributed by atoms with Gasteiger partial charge in [0.1, 0.15) is 5.82 Å². The van der Waals surface area contributed by atoms with E-state index in [4.69, 9.17) is 0 Å². The van der Waals surface area contributed by atoms with Gasteiger partial charge in [-0.2, -0.15) is 13.2 Å². The molecule has 7 heteroatoms. The summed E-state index contributed by atoms with van der Waals surface area (Å²) in [5.74, 6) is 2.69. The van der Waals surface area contributed by atoms with E-state index in [1.54, 1.807) is 6.07 Å². The molecule has 1 aromatic heterocycles.